The number of unbranched alkanes of at least 4 members (excludes halogenated alkanes) is 20. The summed E-state index contributed by atoms with van der Waals surface area (Å²) in [6.45, 7) is 3.89. The van der Waals surface area contributed by atoms with Gasteiger partial charge in [0.1, 0.15) is 12.7 Å². The van der Waals surface area contributed by atoms with Gasteiger partial charge in [-0.05, 0) is 50.9 Å². The lowest BCUT2D eigenvalue weighted by atomic mass is 10.0. The van der Waals surface area contributed by atoms with Crippen LogP contribution in [0.5, 0.6) is 0 Å². The van der Waals surface area contributed by atoms with Crippen LogP contribution < -0.4 is 0 Å². The standard InChI is InChI=1S/C50H92O14P2/c1-4-5-6-7-8-9-10-17-21-24-27-30-33-37-46(51)38-35-40-50(54)64-48(44-63-66(58,59)62-42-47(52)41-61-65(55,56)57)43-60-49(53)39-34-31-28-25-22-19-16-14-12-11-13-15-18-20-23-26-29-32-36-45(2)3/h8-9,17,21,27,30,33,37,45-48,51-52H,4-7,10-16,18-20,22-26,28-29,31-32,34-36,38-44H2,1-3H3,(H,58,59)(H2,55,56,57)/b9-8-,21-17-,30-27-,37-33+/t46-,47-,48+/m0/s1. The van der Waals surface area contributed by atoms with Crippen molar-refractivity contribution >= 4 is 27.6 Å². The molecule has 0 aromatic carbocycles. The summed E-state index contributed by atoms with van der Waals surface area (Å²) >= 11 is 0. The first-order chi connectivity index (χ1) is 31.6. The van der Waals surface area contributed by atoms with Crippen molar-refractivity contribution in [2.45, 2.75) is 225 Å². The molecule has 0 saturated carbocycles. The Hall–Kier alpha value is -1.96. The quantitative estimate of drug-likeness (QED) is 0.0126. The summed E-state index contributed by atoms with van der Waals surface area (Å²) in [5.74, 6) is -0.399. The number of hydrogen-bond donors (Lipinski definition) is 5. The number of allylic oxidation sites excluding steroid dienone is 7. The fourth-order valence-electron chi connectivity index (χ4n) is 6.87. The van der Waals surface area contributed by atoms with E-state index in [0.29, 0.717) is 6.42 Å². The van der Waals surface area contributed by atoms with Crippen molar-refractivity contribution in [3.63, 3.8) is 0 Å². The summed E-state index contributed by atoms with van der Waals surface area (Å²) in [7, 11) is -9.75. The highest BCUT2D eigenvalue weighted by Crippen LogP contribution is 2.44. The Morgan fingerprint density at radius 1 is 0.530 bits per heavy atom. The second-order valence-electron chi connectivity index (χ2n) is 17.8. The van der Waals surface area contributed by atoms with Crippen LogP contribution in [0.3, 0.4) is 0 Å². The van der Waals surface area contributed by atoms with Crippen LogP contribution in [0.4, 0.5) is 0 Å². The number of phosphoric ester groups is 2. The summed E-state index contributed by atoms with van der Waals surface area (Å²) in [6, 6.07) is 0. The zero-order valence-corrected chi connectivity index (χ0v) is 42.9. The molecular formula is C50H92O14P2. The molecule has 5 N–H and O–H groups in total. The van der Waals surface area contributed by atoms with E-state index in [-0.39, 0.29) is 25.7 Å². The molecule has 0 aliphatic carbocycles. The van der Waals surface area contributed by atoms with E-state index in [4.69, 9.17) is 23.8 Å². The van der Waals surface area contributed by atoms with Gasteiger partial charge < -0.3 is 34.4 Å². The monoisotopic (exact) mass is 979 g/mol. The Balaban J connectivity index is 4.54. The van der Waals surface area contributed by atoms with Gasteiger partial charge in [-0.2, -0.15) is 0 Å². The van der Waals surface area contributed by atoms with E-state index in [2.05, 4.69) is 54.1 Å². The highest BCUT2D eigenvalue weighted by atomic mass is 31.2. The highest BCUT2D eigenvalue weighted by Gasteiger charge is 2.28. The number of carbonyl (C=O) groups is 2. The normalized spacial score (nSPS) is 14.8. The summed E-state index contributed by atoms with van der Waals surface area (Å²) in [5, 5.41) is 20.1. The summed E-state index contributed by atoms with van der Waals surface area (Å²) in [6.07, 6.45) is 42.7. The molecule has 0 aromatic rings. The van der Waals surface area contributed by atoms with Gasteiger partial charge in [-0.15, -0.1) is 0 Å². The molecule has 0 heterocycles. The molecule has 1 unspecified atom stereocenters. The van der Waals surface area contributed by atoms with Gasteiger partial charge in [0.2, 0.25) is 0 Å². The van der Waals surface area contributed by atoms with Crippen LogP contribution in [-0.4, -0.2) is 81.6 Å². The van der Waals surface area contributed by atoms with Crippen molar-refractivity contribution in [1.29, 1.82) is 0 Å². The third-order valence-corrected chi connectivity index (χ3v) is 12.2. The van der Waals surface area contributed by atoms with Crippen LogP contribution in [-0.2, 0) is 41.8 Å². The van der Waals surface area contributed by atoms with Crippen molar-refractivity contribution < 1.29 is 66.7 Å². The maximum atomic E-state index is 12.7. The Morgan fingerprint density at radius 3 is 1.59 bits per heavy atom. The van der Waals surface area contributed by atoms with E-state index in [1.807, 2.05) is 12.2 Å². The summed E-state index contributed by atoms with van der Waals surface area (Å²) in [5.41, 5.74) is 0. The Morgan fingerprint density at radius 2 is 1.03 bits per heavy atom. The molecule has 0 fully saturated rings. The Bertz CT molecular complexity index is 1380. The third-order valence-electron chi connectivity index (χ3n) is 10.7. The molecule has 386 valence electrons. The number of ether oxygens (including phenoxy) is 2. The molecule has 0 spiro atoms. The largest absolute Gasteiger partial charge is 0.472 e. The highest BCUT2D eigenvalue weighted by molar-refractivity contribution is 7.47. The SMILES string of the molecule is CCCCC/C=C\C/C=C\C/C=C\C=C\[C@H](O)CCCC(=O)O[C@H](COC(=O)CCCCCCCCCCCCCCCCCCCCC(C)C)COP(=O)(O)OC[C@@H](O)COP(=O)(O)O. The average Bonchev–Trinajstić information content (AvgIpc) is 3.26. The first kappa shape index (κ1) is 64.0. The Kier molecular flexibility index (Phi) is 42.9. The number of hydrogen-bond acceptors (Lipinski definition) is 11. The van der Waals surface area contributed by atoms with Gasteiger partial charge in [-0.3, -0.25) is 23.2 Å². The molecule has 0 saturated heterocycles. The predicted octanol–water partition coefficient (Wildman–Crippen LogP) is 12.6. The molecule has 0 aliphatic heterocycles. The lowest BCUT2D eigenvalue weighted by Gasteiger charge is -2.20. The minimum atomic E-state index is -4.89. The molecule has 16 heteroatoms. The van der Waals surface area contributed by atoms with Crippen LogP contribution in [0.1, 0.15) is 207 Å². The number of aliphatic hydroxyl groups excluding tert-OH is 2. The number of carbonyl (C=O) groups excluding carboxylic acids is 2. The van der Waals surface area contributed by atoms with Crippen molar-refractivity contribution in [3.8, 4) is 0 Å². The van der Waals surface area contributed by atoms with E-state index in [1.54, 1.807) is 12.2 Å². The van der Waals surface area contributed by atoms with E-state index < -0.39 is 72.3 Å². The lowest BCUT2D eigenvalue weighted by molar-refractivity contribution is -0.161. The maximum absolute atomic E-state index is 12.7. The van der Waals surface area contributed by atoms with Crippen molar-refractivity contribution in [3.05, 3.63) is 48.6 Å². The van der Waals surface area contributed by atoms with Gasteiger partial charge in [-0.25, -0.2) is 9.13 Å². The molecule has 0 radical (unpaired) electrons. The van der Waals surface area contributed by atoms with Crippen LogP contribution in [0.25, 0.3) is 0 Å². The zero-order chi connectivity index (χ0) is 49.0. The first-order valence-electron chi connectivity index (χ1n) is 25.3. The molecule has 0 bridgehead atoms. The van der Waals surface area contributed by atoms with Gasteiger partial charge in [0.15, 0.2) is 6.10 Å². The van der Waals surface area contributed by atoms with Gasteiger partial charge in [-0.1, -0.05) is 198 Å². The number of esters is 2. The molecule has 14 nitrogen and oxygen atoms in total. The zero-order valence-electron chi connectivity index (χ0n) is 41.1. The number of rotatable bonds is 47. The van der Waals surface area contributed by atoms with Crippen LogP contribution in [0.2, 0.25) is 0 Å². The van der Waals surface area contributed by atoms with Gasteiger partial charge in [0, 0.05) is 12.8 Å². The third kappa shape index (κ3) is 48.5. The predicted molar refractivity (Wildman–Crippen MR) is 264 cm³/mol. The van der Waals surface area contributed by atoms with E-state index in [9.17, 15) is 33.8 Å². The van der Waals surface area contributed by atoms with E-state index in [1.165, 1.54) is 116 Å². The van der Waals surface area contributed by atoms with Gasteiger partial charge >= 0.3 is 27.6 Å². The van der Waals surface area contributed by atoms with Gasteiger partial charge in [0.25, 0.3) is 0 Å². The topological polar surface area (TPSA) is 216 Å². The summed E-state index contributed by atoms with van der Waals surface area (Å²) < 4.78 is 47.8. The van der Waals surface area contributed by atoms with Crippen molar-refractivity contribution in [1.82, 2.24) is 0 Å². The second kappa shape index (κ2) is 44.3. The summed E-state index contributed by atoms with van der Waals surface area (Å²) in [4.78, 5) is 52.9. The van der Waals surface area contributed by atoms with Crippen molar-refractivity contribution in [2.24, 2.45) is 5.92 Å². The minimum absolute atomic E-state index is 0.0961. The molecule has 0 rings (SSSR count). The maximum Gasteiger partial charge on any atom is 0.472 e. The van der Waals surface area contributed by atoms with Crippen LogP contribution in [0, 0.1) is 5.92 Å². The van der Waals surface area contributed by atoms with Crippen LogP contribution >= 0.6 is 15.6 Å². The van der Waals surface area contributed by atoms with Gasteiger partial charge in [0.05, 0.1) is 25.9 Å². The fraction of sp³-hybridized carbons (Fsp3) is 0.800. The number of phosphoric acid groups is 2. The molecule has 4 atom stereocenters. The van der Waals surface area contributed by atoms with E-state index in [0.717, 1.165) is 44.4 Å². The van der Waals surface area contributed by atoms with Crippen LogP contribution in [0.15, 0.2) is 48.6 Å². The molecular weight excluding hydrogens is 886 g/mol. The lowest BCUT2D eigenvalue weighted by Crippen LogP contribution is -2.30. The smallest absolute Gasteiger partial charge is 0.462 e. The molecule has 66 heavy (non-hydrogen) atoms. The molecule has 0 aromatic heterocycles. The first-order valence-corrected chi connectivity index (χ1v) is 28.3. The molecule has 0 amide bonds. The number of aliphatic hydroxyl groups is 2. The molecule has 0 aliphatic rings. The second-order valence-corrected chi connectivity index (χ2v) is 20.5. The minimum Gasteiger partial charge on any atom is -0.462 e. The fourth-order valence-corrected chi connectivity index (χ4v) is 8.03. The van der Waals surface area contributed by atoms with E-state index >= 15 is 0 Å². The van der Waals surface area contributed by atoms with Crippen molar-refractivity contribution in [2.75, 3.05) is 26.4 Å². The Labute approximate surface area is 399 Å². The average molecular weight is 979 g/mol.